The van der Waals surface area contributed by atoms with E-state index in [0.29, 0.717) is 0 Å². The van der Waals surface area contributed by atoms with E-state index < -0.39 is 25.8 Å². The first kappa shape index (κ1) is 40.8. The van der Waals surface area contributed by atoms with Gasteiger partial charge in [0.2, 0.25) is 0 Å². The van der Waals surface area contributed by atoms with Gasteiger partial charge in [0.15, 0.2) is 0 Å². The summed E-state index contributed by atoms with van der Waals surface area (Å²) in [5.74, 6) is 3.85. The number of hydrogen-bond donors (Lipinski definition) is 0. The van der Waals surface area contributed by atoms with Gasteiger partial charge in [-0.25, -0.2) is 0 Å². The number of halogens is 4. The summed E-state index contributed by atoms with van der Waals surface area (Å²) in [5, 5.41) is 1.51. The van der Waals surface area contributed by atoms with E-state index >= 15 is 0 Å². The summed E-state index contributed by atoms with van der Waals surface area (Å²) in [4.78, 5) is 0. The smallest absolute Gasteiger partial charge is 1.00 e. The summed E-state index contributed by atoms with van der Waals surface area (Å²) in [6, 6.07) is 30.3. The van der Waals surface area contributed by atoms with Crippen molar-refractivity contribution in [3.05, 3.63) is 163 Å². The Bertz CT molecular complexity index is 2380. The summed E-state index contributed by atoms with van der Waals surface area (Å²) in [6.07, 6.45) is 4.95. The van der Waals surface area contributed by atoms with Crippen molar-refractivity contribution in [2.45, 2.75) is 61.9 Å². The third-order valence-electron chi connectivity index (χ3n) is 11.2. The quantitative estimate of drug-likeness (QED) is 0.158. The van der Waals surface area contributed by atoms with Crippen molar-refractivity contribution >= 4 is 51.9 Å². The molecule has 2 aliphatic rings. The zero-order chi connectivity index (χ0) is 36.6. The number of rotatable bonds is 6. The second-order valence-electron chi connectivity index (χ2n) is 14.8. The van der Waals surface area contributed by atoms with Crippen molar-refractivity contribution in [3.8, 4) is 22.3 Å². The zero-order valence-corrected chi connectivity index (χ0v) is 38.2. The SMILES string of the molecule is Cc1ccc(C2=Cc3c(cc(C)c(C)c3-c3cccc(Cl)c3)[CH]2[Zr+2]([CH]2C(c3ccc(C)o3)=Cc3c2cc(C)c(C)c3-c2cccc(Cl)c2)=[Si](C)C)o1.[Cl-].[Cl-]. The molecule has 2 aromatic heterocycles. The maximum absolute atomic E-state index is 6.65. The van der Waals surface area contributed by atoms with Crippen LogP contribution in [-0.4, -0.2) is 5.43 Å². The Labute approximate surface area is 349 Å². The van der Waals surface area contributed by atoms with Crippen LogP contribution in [0.4, 0.5) is 0 Å². The first-order valence-corrected chi connectivity index (χ1v) is 27.7. The van der Waals surface area contributed by atoms with Crippen molar-refractivity contribution in [2.24, 2.45) is 0 Å². The molecule has 2 heterocycles. The topological polar surface area (TPSA) is 26.3 Å². The van der Waals surface area contributed by atoms with Crippen LogP contribution in [0.2, 0.25) is 23.1 Å². The van der Waals surface area contributed by atoms with E-state index in [9.17, 15) is 0 Å². The molecule has 8 rings (SSSR count). The van der Waals surface area contributed by atoms with Crippen LogP contribution in [0.1, 0.15) is 74.8 Å². The van der Waals surface area contributed by atoms with Gasteiger partial charge >= 0.3 is 328 Å². The van der Waals surface area contributed by atoms with Crippen LogP contribution in [-0.2, 0) is 20.4 Å². The minimum atomic E-state index is -2.73. The van der Waals surface area contributed by atoms with Gasteiger partial charge in [0, 0.05) is 0 Å². The van der Waals surface area contributed by atoms with Crippen LogP contribution in [0, 0.1) is 41.5 Å². The number of fused-ring (bicyclic) bond motifs is 2. The zero-order valence-electron chi connectivity index (χ0n) is 31.7. The fourth-order valence-corrected chi connectivity index (χ4v) is 28.7. The van der Waals surface area contributed by atoms with E-state index in [1.807, 2.05) is 12.1 Å². The van der Waals surface area contributed by atoms with Gasteiger partial charge < -0.3 is 24.8 Å². The van der Waals surface area contributed by atoms with E-state index in [2.05, 4.69) is 140 Å². The third-order valence-corrected chi connectivity index (χ3v) is 30.8. The first-order chi connectivity index (χ1) is 24.9. The minimum absolute atomic E-state index is 0. The molecule has 0 spiro atoms. The summed E-state index contributed by atoms with van der Waals surface area (Å²) in [6.45, 7) is 18.3. The molecule has 0 amide bonds. The Balaban J connectivity index is 0.00000249. The van der Waals surface area contributed by atoms with Gasteiger partial charge in [0.05, 0.1) is 0 Å². The molecule has 2 unspecified atom stereocenters. The van der Waals surface area contributed by atoms with Gasteiger partial charge in [-0.15, -0.1) is 0 Å². The van der Waals surface area contributed by atoms with Crippen molar-refractivity contribution < 1.29 is 54.0 Å². The molecule has 274 valence electrons. The molecule has 0 saturated carbocycles. The second-order valence-corrected chi connectivity index (χ2v) is 33.5. The normalized spacial score (nSPS) is 15.4. The van der Waals surface area contributed by atoms with Gasteiger partial charge in [-0.05, 0) is 0 Å². The van der Waals surface area contributed by atoms with E-state index in [1.165, 1.54) is 66.8 Å². The maximum Gasteiger partial charge on any atom is -1.00 e. The van der Waals surface area contributed by atoms with Gasteiger partial charge in [-0.2, -0.15) is 0 Å². The van der Waals surface area contributed by atoms with Crippen molar-refractivity contribution in [1.29, 1.82) is 0 Å². The van der Waals surface area contributed by atoms with Crippen LogP contribution < -0.4 is 24.8 Å². The third kappa shape index (κ3) is 7.06. The summed E-state index contributed by atoms with van der Waals surface area (Å²) < 4.78 is 13.7. The monoisotopic (exact) mass is 884 g/mol. The average molecular weight is 888 g/mol. The molecule has 2 nitrogen and oxygen atoms in total. The van der Waals surface area contributed by atoms with Crippen LogP contribution in [0.25, 0.3) is 45.6 Å². The van der Waals surface area contributed by atoms with Gasteiger partial charge in [-0.3, -0.25) is 0 Å². The molecular weight excluding hydrogens is 846 g/mol. The molecular formula is C46H42Cl4O2SiZr. The number of hydrogen-bond acceptors (Lipinski definition) is 2. The van der Waals surface area contributed by atoms with Crippen molar-refractivity contribution in [2.75, 3.05) is 0 Å². The Morgan fingerprint density at radius 1 is 0.556 bits per heavy atom. The molecule has 0 fully saturated rings. The largest absolute Gasteiger partial charge is 1.00 e. The van der Waals surface area contributed by atoms with Crippen molar-refractivity contribution in [3.63, 3.8) is 0 Å². The maximum atomic E-state index is 6.65. The first-order valence-electron chi connectivity index (χ1n) is 18.0. The predicted molar refractivity (Wildman–Crippen MR) is 218 cm³/mol. The van der Waals surface area contributed by atoms with Crippen LogP contribution in [0.3, 0.4) is 0 Å². The molecule has 0 radical (unpaired) electrons. The van der Waals surface area contributed by atoms with Crippen LogP contribution >= 0.6 is 23.2 Å². The van der Waals surface area contributed by atoms with E-state index in [-0.39, 0.29) is 32.1 Å². The molecule has 2 aliphatic carbocycles. The summed E-state index contributed by atoms with van der Waals surface area (Å²) >= 11 is 10.6. The van der Waals surface area contributed by atoms with Gasteiger partial charge in [-0.1, -0.05) is 0 Å². The van der Waals surface area contributed by atoms with Gasteiger partial charge in [0.25, 0.3) is 0 Å². The van der Waals surface area contributed by atoms with Crippen LogP contribution in [0.15, 0.2) is 93.8 Å². The van der Waals surface area contributed by atoms with Crippen molar-refractivity contribution in [1.82, 2.24) is 0 Å². The summed E-state index contributed by atoms with van der Waals surface area (Å²) in [7, 11) is 0. The predicted octanol–water partition coefficient (Wildman–Crippen LogP) is 8.13. The standard InChI is InChI=1S/2C22H18ClO.C2H6Si.2ClH.Zr/c2*1-13-9-17-10-18(21-8-7-14(2)24-21)12-20(17)22(15(13)3)16-5-4-6-19(23)11-16;1-3-2;;;/h2*4-12H,1-3H3;1-2H3;2*1H;/q;;;;;+2/p-2. The molecule has 2 atom stereocenters. The van der Waals surface area contributed by atoms with Crippen LogP contribution in [0.5, 0.6) is 0 Å². The number of aryl methyl sites for hydroxylation is 4. The Morgan fingerprint density at radius 3 is 1.30 bits per heavy atom. The number of allylic oxidation sites excluding steroid dienone is 2. The molecule has 4 aromatic carbocycles. The average Bonchev–Trinajstić information content (AvgIpc) is 3.89. The molecule has 54 heavy (non-hydrogen) atoms. The molecule has 0 bridgehead atoms. The van der Waals surface area contributed by atoms with E-state index in [4.69, 9.17) is 32.0 Å². The Morgan fingerprint density at radius 2 is 0.963 bits per heavy atom. The minimum Gasteiger partial charge on any atom is -1.00 e. The summed E-state index contributed by atoms with van der Waals surface area (Å²) in [5.41, 5.74) is 17.5. The number of furan rings is 2. The van der Waals surface area contributed by atoms with E-state index in [0.717, 1.165) is 44.2 Å². The molecule has 6 aromatic rings. The fraction of sp³-hybridized carbons (Fsp3) is 0.217. The molecule has 0 N–H and O–H groups in total. The Kier molecular flexibility index (Phi) is 12.1. The number of benzene rings is 4. The molecule has 0 saturated heterocycles. The second kappa shape index (κ2) is 16.0. The van der Waals surface area contributed by atoms with Gasteiger partial charge in [0.1, 0.15) is 0 Å². The van der Waals surface area contributed by atoms with E-state index in [1.54, 1.807) is 0 Å². The molecule has 8 heteroatoms. The molecule has 0 aliphatic heterocycles. The fourth-order valence-electron chi connectivity index (χ4n) is 8.58. The Hall–Kier alpha value is -2.82.